The van der Waals surface area contributed by atoms with E-state index in [4.69, 9.17) is 11.0 Å². The summed E-state index contributed by atoms with van der Waals surface area (Å²) in [7, 11) is -4.03. The molecular formula is C13H18FN3O2S. The van der Waals surface area contributed by atoms with Gasteiger partial charge in [0, 0.05) is 12.1 Å². The van der Waals surface area contributed by atoms with Crippen molar-refractivity contribution in [3.05, 3.63) is 29.6 Å². The Bertz CT molecular complexity index is 638. The fourth-order valence-electron chi connectivity index (χ4n) is 1.59. The summed E-state index contributed by atoms with van der Waals surface area (Å²) < 4.78 is 40.7. The SMILES string of the molecule is CC(C)C(C)(CN)NS(=O)(=O)c1cccc(F)c1C#N. The minimum Gasteiger partial charge on any atom is -0.329 e. The number of hydrogen-bond acceptors (Lipinski definition) is 4. The Morgan fingerprint density at radius 1 is 1.50 bits per heavy atom. The molecule has 5 nitrogen and oxygen atoms in total. The van der Waals surface area contributed by atoms with Crippen LogP contribution < -0.4 is 10.5 Å². The highest BCUT2D eigenvalue weighted by Crippen LogP contribution is 2.22. The Labute approximate surface area is 118 Å². The van der Waals surface area contributed by atoms with Gasteiger partial charge in [-0.2, -0.15) is 5.26 Å². The molecule has 1 atom stereocenters. The monoisotopic (exact) mass is 299 g/mol. The minimum atomic E-state index is -4.03. The number of nitrogens with one attached hydrogen (secondary N) is 1. The van der Waals surface area contributed by atoms with E-state index in [1.165, 1.54) is 12.1 Å². The third kappa shape index (κ3) is 3.15. The Kier molecular flexibility index (Phi) is 4.86. The number of sulfonamides is 1. The molecule has 0 saturated carbocycles. The van der Waals surface area contributed by atoms with Crippen LogP contribution in [0.5, 0.6) is 0 Å². The quantitative estimate of drug-likeness (QED) is 0.857. The molecule has 0 bridgehead atoms. The van der Waals surface area contributed by atoms with Crippen molar-refractivity contribution >= 4 is 10.0 Å². The molecule has 0 aliphatic heterocycles. The van der Waals surface area contributed by atoms with Crippen molar-refractivity contribution in [2.45, 2.75) is 31.2 Å². The number of nitrogens with zero attached hydrogens (tertiary/aromatic N) is 1. The summed E-state index contributed by atoms with van der Waals surface area (Å²) in [5.41, 5.74) is 4.25. The first-order valence-electron chi connectivity index (χ1n) is 6.10. The lowest BCUT2D eigenvalue weighted by Gasteiger charge is -2.33. The summed E-state index contributed by atoms with van der Waals surface area (Å²) in [6.45, 7) is 5.40. The van der Waals surface area contributed by atoms with Crippen LogP contribution >= 0.6 is 0 Å². The van der Waals surface area contributed by atoms with Crippen molar-refractivity contribution in [1.29, 1.82) is 5.26 Å². The third-order valence-corrected chi connectivity index (χ3v) is 5.10. The normalized spacial score (nSPS) is 14.8. The first-order chi connectivity index (χ1) is 9.18. The van der Waals surface area contributed by atoms with Crippen LogP contribution in [-0.4, -0.2) is 20.5 Å². The smallest absolute Gasteiger partial charge is 0.242 e. The zero-order chi connectivity index (χ0) is 15.6. The molecule has 0 aromatic heterocycles. The van der Waals surface area contributed by atoms with E-state index < -0.39 is 26.9 Å². The lowest BCUT2D eigenvalue weighted by Crippen LogP contribution is -2.54. The molecule has 20 heavy (non-hydrogen) atoms. The van der Waals surface area contributed by atoms with Crippen LogP contribution in [0.25, 0.3) is 0 Å². The Morgan fingerprint density at radius 2 is 2.10 bits per heavy atom. The summed E-state index contributed by atoms with van der Waals surface area (Å²) in [5.74, 6) is -0.934. The van der Waals surface area contributed by atoms with Gasteiger partial charge >= 0.3 is 0 Å². The Morgan fingerprint density at radius 3 is 2.55 bits per heavy atom. The van der Waals surface area contributed by atoms with Crippen molar-refractivity contribution in [3.63, 3.8) is 0 Å². The molecule has 1 aromatic carbocycles. The summed E-state index contributed by atoms with van der Waals surface area (Å²) >= 11 is 0. The van der Waals surface area contributed by atoms with Gasteiger partial charge in [0.2, 0.25) is 10.0 Å². The van der Waals surface area contributed by atoms with E-state index in [2.05, 4.69) is 4.72 Å². The topological polar surface area (TPSA) is 96.0 Å². The first-order valence-corrected chi connectivity index (χ1v) is 7.59. The molecule has 7 heteroatoms. The van der Waals surface area contributed by atoms with Crippen molar-refractivity contribution in [2.24, 2.45) is 11.7 Å². The molecular weight excluding hydrogens is 281 g/mol. The van der Waals surface area contributed by atoms with Crippen LogP contribution in [-0.2, 0) is 10.0 Å². The predicted octanol–water partition coefficient (Wildman–Crippen LogP) is 1.35. The summed E-state index contributed by atoms with van der Waals surface area (Å²) in [6.07, 6.45) is 0. The maximum absolute atomic E-state index is 13.5. The standard InChI is InChI=1S/C13H18FN3O2S/c1-9(2)13(3,8-16)17-20(18,19)12-6-4-5-11(14)10(12)7-15/h4-6,9,17H,8,16H2,1-3H3. The van der Waals surface area contributed by atoms with E-state index in [1.807, 2.05) is 13.8 Å². The molecule has 0 fully saturated rings. The fourth-order valence-corrected chi connectivity index (χ4v) is 3.31. The van der Waals surface area contributed by atoms with Crippen molar-refractivity contribution in [3.8, 4) is 6.07 Å². The summed E-state index contributed by atoms with van der Waals surface area (Å²) in [4.78, 5) is -0.375. The van der Waals surface area contributed by atoms with Gasteiger partial charge in [-0.05, 0) is 25.0 Å². The molecule has 0 radical (unpaired) electrons. The number of nitrogens with two attached hydrogens (primary N) is 1. The molecule has 0 saturated heterocycles. The van der Waals surface area contributed by atoms with E-state index in [0.717, 1.165) is 6.07 Å². The van der Waals surface area contributed by atoms with E-state index in [9.17, 15) is 12.8 Å². The number of benzene rings is 1. The van der Waals surface area contributed by atoms with E-state index >= 15 is 0 Å². The zero-order valence-electron chi connectivity index (χ0n) is 11.6. The fraction of sp³-hybridized carbons (Fsp3) is 0.462. The van der Waals surface area contributed by atoms with E-state index in [0.29, 0.717) is 0 Å². The van der Waals surface area contributed by atoms with Gasteiger partial charge in [0.25, 0.3) is 0 Å². The summed E-state index contributed by atoms with van der Waals surface area (Å²) in [5, 5.41) is 8.92. The highest BCUT2D eigenvalue weighted by atomic mass is 32.2. The maximum atomic E-state index is 13.5. The van der Waals surface area contributed by atoms with Crippen LogP contribution in [0, 0.1) is 23.1 Å². The van der Waals surface area contributed by atoms with Crippen LogP contribution in [0.2, 0.25) is 0 Å². The van der Waals surface area contributed by atoms with Gasteiger partial charge in [-0.25, -0.2) is 17.5 Å². The van der Waals surface area contributed by atoms with Crippen LogP contribution in [0.4, 0.5) is 4.39 Å². The largest absolute Gasteiger partial charge is 0.329 e. The van der Waals surface area contributed by atoms with Gasteiger partial charge in [-0.3, -0.25) is 0 Å². The number of rotatable bonds is 5. The molecule has 0 amide bonds. The van der Waals surface area contributed by atoms with Gasteiger partial charge in [-0.1, -0.05) is 19.9 Å². The average molecular weight is 299 g/mol. The maximum Gasteiger partial charge on any atom is 0.242 e. The van der Waals surface area contributed by atoms with Gasteiger partial charge < -0.3 is 5.73 Å². The van der Waals surface area contributed by atoms with Crippen LogP contribution in [0.1, 0.15) is 26.3 Å². The molecule has 1 rings (SSSR count). The van der Waals surface area contributed by atoms with Gasteiger partial charge in [0.1, 0.15) is 22.3 Å². The van der Waals surface area contributed by atoms with Crippen molar-refractivity contribution in [1.82, 2.24) is 4.72 Å². The average Bonchev–Trinajstić information content (AvgIpc) is 2.37. The highest BCUT2D eigenvalue weighted by Gasteiger charge is 2.33. The highest BCUT2D eigenvalue weighted by molar-refractivity contribution is 7.89. The molecule has 1 aromatic rings. The Hall–Kier alpha value is -1.49. The predicted molar refractivity (Wildman–Crippen MR) is 73.7 cm³/mol. The zero-order valence-corrected chi connectivity index (χ0v) is 12.5. The first kappa shape index (κ1) is 16.6. The molecule has 0 aliphatic rings. The second kappa shape index (κ2) is 5.87. The Balaban J connectivity index is 3.33. The number of halogens is 1. The molecule has 110 valence electrons. The minimum absolute atomic E-state index is 0.0682. The second-order valence-corrected chi connectivity index (χ2v) is 6.76. The van der Waals surface area contributed by atoms with Crippen LogP contribution in [0.15, 0.2) is 23.1 Å². The van der Waals surface area contributed by atoms with Gasteiger partial charge in [0.05, 0.1) is 0 Å². The summed E-state index contributed by atoms with van der Waals surface area (Å²) in [6, 6.07) is 5.07. The van der Waals surface area contributed by atoms with Gasteiger partial charge in [0.15, 0.2) is 0 Å². The molecule has 3 N–H and O–H groups in total. The van der Waals surface area contributed by atoms with Gasteiger partial charge in [-0.15, -0.1) is 0 Å². The van der Waals surface area contributed by atoms with Crippen molar-refractivity contribution in [2.75, 3.05) is 6.54 Å². The molecule has 0 heterocycles. The second-order valence-electron chi connectivity index (χ2n) is 5.11. The van der Waals surface area contributed by atoms with E-state index in [-0.39, 0.29) is 17.4 Å². The molecule has 0 aliphatic carbocycles. The number of nitriles is 1. The molecule has 0 spiro atoms. The molecule has 1 unspecified atom stereocenters. The lowest BCUT2D eigenvalue weighted by molar-refractivity contribution is 0.315. The van der Waals surface area contributed by atoms with Crippen LogP contribution in [0.3, 0.4) is 0 Å². The van der Waals surface area contributed by atoms with E-state index in [1.54, 1.807) is 13.0 Å². The lowest BCUT2D eigenvalue weighted by atomic mass is 9.90. The van der Waals surface area contributed by atoms with Crippen molar-refractivity contribution < 1.29 is 12.8 Å². The number of hydrogen-bond donors (Lipinski definition) is 2. The third-order valence-electron chi connectivity index (χ3n) is 3.44.